The highest BCUT2D eigenvalue weighted by Gasteiger charge is 2.16. The summed E-state index contributed by atoms with van der Waals surface area (Å²) in [4.78, 5) is 27.1. The number of hydrogen-bond acceptors (Lipinski definition) is 8. The number of carbonyl (C=O) groups is 1. The van der Waals surface area contributed by atoms with Gasteiger partial charge in [-0.2, -0.15) is 15.0 Å². The molecule has 1 heterocycles. The average molecular weight is 465 g/mol. The molecule has 0 unspecified atom stereocenters. The molecule has 2 aromatic carbocycles. The Kier molecular flexibility index (Phi) is 6.72. The van der Waals surface area contributed by atoms with Crippen LogP contribution in [0, 0.1) is 14.8 Å². The zero-order chi connectivity index (χ0) is 21.7. The van der Waals surface area contributed by atoms with Gasteiger partial charge in [0.1, 0.15) is 4.64 Å². The van der Waals surface area contributed by atoms with Crippen LogP contribution in [-0.4, -0.2) is 15.8 Å². The Balaban J connectivity index is 1.73. The first-order valence-corrected chi connectivity index (χ1v) is 9.23. The molecule has 0 aliphatic rings. The number of nitro benzene ring substituents is 1. The molecule has 0 aliphatic heterocycles. The minimum atomic E-state index is -1.10. The zero-order valence-electron chi connectivity index (χ0n) is 14.8. The van der Waals surface area contributed by atoms with Gasteiger partial charge in [-0.3, -0.25) is 10.1 Å². The number of hydrogen-bond donors (Lipinski definition) is 0. The summed E-state index contributed by atoms with van der Waals surface area (Å²) in [6, 6.07) is 13.1. The molecule has 0 atom stereocenters. The van der Waals surface area contributed by atoms with E-state index in [1.54, 1.807) is 18.2 Å². The lowest BCUT2D eigenvalue weighted by molar-refractivity contribution is -0.384. The number of benzene rings is 2. The number of nitrogens with zero attached hydrogens (tertiary/aromatic N) is 4. The van der Waals surface area contributed by atoms with Gasteiger partial charge in [0.15, 0.2) is 5.75 Å². The highest BCUT2D eigenvalue weighted by atomic mass is 35.5. The lowest BCUT2D eigenvalue weighted by Gasteiger charge is -2.10. The highest BCUT2D eigenvalue weighted by Crippen LogP contribution is 2.37. The molecule has 9 nitrogen and oxygen atoms in total. The van der Waals surface area contributed by atoms with Gasteiger partial charge in [-0.25, -0.2) is 4.79 Å². The third-order valence-electron chi connectivity index (χ3n) is 3.47. The molecule has 0 saturated heterocycles. The maximum Gasteiger partial charge on any atom is 0.539 e. The van der Waals surface area contributed by atoms with Gasteiger partial charge in [0.05, 0.1) is 26.3 Å². The van der Waals surface area contributed by atoms with Crippen molar-refractivity contribution in [2.24, 2.45) is 10.2 Å². The predicted octanol–water partition coefficient (Wildman–Crippen LogP) is 6.48. The predicted molar refractivity (Wildman–Crippen MR) is 112 cm³/mol. The van der Waals surface area contributed by atoms with Crippen molar-refractivity contribution in [3.63, 3.8) is 0 Å². The molecule has 1 aromatic heterocycles. The molecule has 3 rings (SSSR count). The molecule has 0 N–H and O–H groups in total. The first kappa shape index (κ1) is 21.4. The fourth-order valence-corrected chi connectivity index (χ4v) is 2.86. The second kappa shape index (κ2) is 9.44. The van der Waals surface area contributed by atoms with Gasteiger partial charge in [-0.1, -0.05) is 41.5 Å². The van der Waals surface area contributed by atoms with Crippen LogP contribution in [0.25, 0.3) is 0 Å². The second-order valence-corrected chi connectivity index (χ2v) is 6.75. The standard InChI is InChI=1S/C18H10Cl2N4O5S/c19-14-9-12(22-21-11-4-6-13(7-5-11)24(26)27)10-15(20)17(14)28-18(25)29-23-8-2-1-3-16(23)30/h1-10H. The normalized spacial score (nSPS) is 10.7. The van der Waals surface area contributed by atoms with Gasteiger partial charge in [0.2, 0.25) is 0 Å². The SMILES string of the molecule is O=C(Oc1c(Cl)cc(N=Nc2ccc([N+](=O)[O-])cc2)cc1Cl)On1ccccc1=S. The van der Waals surface area contributed by atoms with Gasteiger partial charge in [-0.05, 0) is 36.4 Å². The maximum atomic E-state index is 12.0. The van der Waals surface area contributed by atoms with Crippen molar-refractivity contribution in [1.29, 1.82) is 0 Å². The summed E-state index contributed by atoms with van der Waals surface area (Å²) in [6.45, 7) is 0. The molecular formula is C18H10Cl2N4O5S. The minimum absolute atomic E-state index is 0.00578. The van der Waals surface area contributed by atoms with Crippen LogP contribution in [-0.2, 0) is 0 Å². The monoisotopic (exact) mass is 464 g/mol. The molecule has 152 valence electrons. The van der Waals surface area contributed by atoms with Crippen LogP contribution in [0.4, 0.5) is 21.9 Å². The smallest absolute Gasteiger partial charge is 0.390 e. The van der Waals surface area contributed by atoms with E-state index >= 15 is 0 Å². The molecule has 0 aliphatic carbocycles. The van der Waals surface area contributed by atoms with Crippen molar-refractivity contribution < 1.29 is 19.3 Å². The summed E-state index contributed by atoms with van der Waals surface area (Å²) >= 11 is 17.3. The number of carbonyl (C=O) groups excluding carboxylic acids is 1. The Morgan fingerprint density at radius 3 is 2.27 bits per heavy atom. The fraction of sp³-hybridized carbons (Fsp3) is 0. The summed E-state index contributed by atoms with van der Waals surface area (Å²) in [5.74, 6) is -0.125. The van der Waals surface area contributed by atoms with E-state index in [-0.39, 0.29) is 31.8 Å². The molecule has 0 amide bonds. The van der Waals surface area contributed by atoms with E-state index in [1.165, 1.54) is 42.6 Å². The van der Waals surface area contributed by atoms with Crippen LogP contribution in [0.15, 0.2) is 71.0 Å². The molecule has 0 bridgehead atoms. The second-order valence-electron chi connectivity index (χ2n) is 5.52. The topological polar surface area (TPSA) is 108 Å². The third kappa shape index (κ3) is 5.38. The summed E-state index contributed by atoms with van der Waals surface area (Å²) in [7, 11) is 0. The van der Waals surface area contributed by atoms with E-state index in [0.29, 0.717) is 5.69 Å². The number of non-ortho nitro benzene ring substituents is 1. The third-order valence-corrected chi connectivity index (χ3v) is 4.35. The molecule has 3 aromatic rings. The molecule has 30 heavy (non-hydrogen) atoms. The fourth-order valence-electron chi connectivity index (χ4n) is 2.13. The molecule has 0 radical (unpaired) electrons. The largest absolute Gasteiger partial charge is 0.539 e. The van der Waals surface area contributed by atoms with Gasteiger partial charge < -0.3 is 9.57 Å². The number of nitro groups is 1. The van der Waals surface area contributed by atoms with Crippen molar-refractivity contribution in [1.82, 2.24) is 4.73 Å². The quantitative estimate of drug-likeness (QED) is 0.107. The molecule has 0 fully saturated rings. The van der Waals surface area contributed by atoms with Crippen molar-refractivity contribution >= 4 is 58.6 Å². The molecule has 0 saturated carbocycles. The Bertz CT molecular complexity index is 1170. The van der Waals surface area contributed by atoms with E-state index in [2.05, 4.69) is 10.2 Å². The van der Waals surface area contributed by atoms with E-state index in [1.807, 2.05) is 0 Å². The van der Waals surface area contributed by atoms with Crippen LogP contribution in [0.3, 0.4) is 0 Å². The first-order chi connectivity index (χ1) is 14.3. The summed E-state index contributed by atoms with van der Waals surface area (Å²) in [6.07, 6.45) is 0.343. The van der Waals surface area contributed by atoms with Gasteiger partial charge in [0, 0.05) is 18.3 Å². The summed E-state index contributed by atoms with van der Waals surface area (Å²) in [5.41, 5.74) is 0.593. The van der Waals surface area contributed by atoms with E-state index < -0.39 is 11.1 Å². The number of rotatable bonds is 5. The van der Waals surface area contributed by atoms with E-state index in [9.17, 15) is 14.9 Å². The van der Waals surface area contributed by atoms with Crippen LogP contribution >= 0.6 is 35.4 Å². The molecule has 12 heteroatoms. The van der Waals surface area contributed by atoms with E-state index in [0.717, 1.165) is 4.73 Å². The Morgan fingerprint density at radius 2 is 1.67 bits per heavy atom. The molecular weight excluding hydrogens is 455 g/mol. The number of halogens is 2. The molecule has 0 spiro atoms. The van der Waals surface area contributed by atoms with Gasteiger partial charge in [0.25, 0.3) is 5.69 Å². The summed E-state index contributed by atoms with van der Waals surface area (Å²) in [5, 5.41) is 18.6. The minimum Gasteiger partial charge on any atom is -0.390 e. The van der Waals surface area contributed by atoms with Crippen LogP contribution in [0.2, 0.25) is 10.0 Å². The van der Waals surface area contributed by atoms with Gasteiger partial charge >= 0.3 is 6.16 Å². The van der Waals surface area contributed by atoms with Crippen molar-refractivity contribution in [2.75, 3.05) is 0 Å². The lowest BCUT2D eigenvalue weighted by Crippen LogP contribution is -2.23. The zero-order valence-corrected chi connectivity index (χ0v) is 17.1. The Labute approximate surface area is 184 Å². The van der Waals surface area contributed by atoms with Crippen molar-refractivity contribution in [3.05, 3.63) is 85.6 Å². The first-order valence-electron chi connectivity index (χ1n) is 8.06. The number of pyridine rings is 1. The Hall–Kier alpha value is -3.34. The van der Waals surface area contributed by atoms with Crippen molar-refractivity contribution in [3.8, 4) is 5.75 Å². The van der Waals surface area contributed by atoms with Crippen LogP contribution < -0.4 is 9.57 Å². The lowest BCUT2D eigenvalue weighted by atomic mass is 10.3. The van der Waals surface area contributed by atoms with Crippen LogP contribution in [0.5, 0.6) is 5.75 Å². The Morgan fingerprint density at radius 1 is 1.03 bits per heavy atom. The van der Waals surface area contributed by atoms with E-state index in [4.69, 9.17) is 45.0 Å². The van der Waals surface area contributed by atoms with Crippen LogP contribution in [0.1, 0.15) is 0 Å². The summed E-state index contributed by atoms with van der Waals surface area (Å²) < 4.78 is 6.37. The van der Waals surface area contributed by atoms with Crippen molar-refractivity contribution in [2.45, 2.75) is 0 Å². The maximum absolute atomic E-state index is 12.0. The average Bonchev–Trinajstić information content (AvgIpc) is 2.71. The number of azo groups is 1. The highest BCUT2D eigenvalue weighted by molar-refractivity contribution is 7.71. The van der Waals surface area contributed by atoms with Gasteiger partial charge in [-0.15, -0.1) is 0 Å². The number of ether oxygens (including phenoxy) is 1. The number of aromatic nitrogens is 1.